The maximum atomic E-state index is 6.17. The van der Waals surface area contributed by atoms with E-state index in [1.165, 1.54) is 77.5 Å². The van der Waals surface area contributed by atoms with Crippen molar-refractivity contribution in [3.8, 4) is 0 Å². The second-order valence-corrected chi connectivity index (χ2v) is 7.74. The summed E-state index contributed by atoms with van der Waals surface area (Å²) < 4.78 is 0. The minimum Gasteiger partial charge on any atom is -0.330 e. The third-order valence-corrected chi connectivity index (χ3v) is 6.34. The predicted octanol–water partition coefficient (Wildman–Crippen LogP) is 2.31. The van der Waals surface area contributed by atoms with E-state index in [1.807, 2.05) is 0 Å². The van der Waals surface area contributed by atoms with Crippen LogP contribution in [0.3, 0.4) is 0 Å². The SMILES string of the molecule is CN1CCCC2CN(CC3(CN)CCCCC3)CCC21. The molecule has 1 saturated carbocycles. The maximum absolute atomic E-state index is 6.17. The zero-order valence-corrected chi connectivity index (χ0v) is 13.3. The molecule has 0 radical (unpaired) electrons. The number of nitrogens with two attached hydrogens (primary N) is 1. The van der Waals surface area contributed by atoms with Crippen LogP contribution in [0.15, 0.2) is 0 Å². The van der Waals surface area contributed by atoms with Crippen molar-refractivity contribution in [3.63, 3.8) is 0 Å². The monoisotopic (exact) mass is 279 g/mol. The second kappa shape index (κ2) is 6.33. The van der Waals surface area contributed by atoms with Crippen LogP contribution in [0.4, 0.5) is 0 Å². The third-order valence-electron chi connectivity index (χ3n) is 6.34. The van der Waals surface area contributed by atoms with Crippen LogP contribution in [0.25, 0.3) is 0 Å². The van der Waals surface area contributed by atoms with Gasteiger partial charge in [0.1, 0.15) is 0 Å². The summed E-state index contributed by atoms with van der Waals surface area (Å²) in [4.78, 5) is 5.38. The summed E-state index contributed by atoms with van der Waals surface area (Å²) in [6.07, 6.45) is 11.2. The van der Waals surface area contributed by atoms with Crippen LogP contribution in [0.2, 0.25) is 0 Å². The summed E-state index contributed by atoms with van der Waals surface area (Å²) in [5, 5.41) is 0. The zero-order chi connectivity index (χ0) is 14.0. The van der Waals surface area contributed by atoms with Crippen molar-refractivity contribution in [1.29, 1.82) is 0 Å². The van der Waals surface area contributed by atoms with Gasteiger partial charge >= 0.3 is 0 Å². The summed E-state index contributed by atoms with van der Waals surface area (Å²) in [7, 11) is 2.33. The van der Waals surface area contributed by atoms with E-state index in [0.717, 1.165) is 18.5 Å². The number of piperidine rings is 2. The Hall–Kier alpha value is -0.120. The molecule has 3 rings (SSSR count). The van der Waals surface area contributed by atoms with Crippen LogP contribution < -0.4 is 5.73 Å². The Bertz CT molecular complexity index is 311. The van der Waals surface area contributed by atoms with Gasteiger partial charge in [-0.2, -0.15) is 0 Å². The zero-order valence-electron chi connectivity index (χ0n) is 13.3. The highest BCUT2D eigenvalue weighted by Gasteiger charge is 2.38. The predicted molar refractivity (Wildman–Crippen MR) is 84.8 cm³/mol. The molecule has 116 valence electrons. The number of likely N-dealkylation sites (tertiary alicyclic amines) is 2. The highest BCUT2D eigenvalue weighted by Crippen LogP contribution is 2.38. The molecule has 2 saturated heterocycles. The Morgan fingerprint density at radius 2 is 1.85 bits per heavy atom. The number of fused-ring (bicyclic) bond motifs is 1. The number of hydrogen-bond donors (Lipinski definition) is 1. The molecule has 2 aliphatic heterocycles. The van der Waals surface area contributed by atoms with Gasteiger partial charge in [0.2, 0.25) is 0 Å². The second-order valence-electron chi connectivity index (χ2n) is 7.74. The molecule has 0 spiro atoms. The van der Waals surface area contributed by atoms with Gasteiger partial charge in [0.25, 0.3) is 0 Å². The molecular formula is C17H33N3. The molecule has 2 N–H and O–H groups in total. The van der Waals surface area contributed by atoms with Gasteiger partial charge in [-0.05, 0) is 70.1 Å². The van der Waals surface area contributed by atoms with E-state index in [-0.39, 0.29) is 0 Å². The van der Waals surface area contributed by atoms with E-state index in [0.29, 0.717) is 5.41 Å². The van der Waals surface area contributed by atoms with Gasteiger partial charge in [-0.25, -0.2) is 0 Å². The largest absolute Gasteiger partial charge is 0.330 e. The van der Waals surface area contributed by atoms with Gasteiger partial charge in [0, 0.05) is 19.1 Å². The standard InChI is InChI=1S/C17H33N3/c1-19-10-5-6-15-12-20(11-7-16(15)19)14-17(13-18)8-3-2-4-9-17/h15-16H,2-14,18H2,1H3. The van der Waals surface area contributed by atoms with Crippen LogP contribution in [0.5, 0.6) is 0 Å². The van der Waals surface area contributed by atoms with Crippen LogP contribution in [-0.2, 0) is 0 Å². The summed E-state index contributed by atoms with van der Waals surface area (Å²) in [5.74, 6) is 0.918. The smallest absolute Gasteiger partial charge is 0.0145 e. The molecule has 3 fully saturated rings. The van der Waals surface area contributed by atoms with E-state index in [2.05, 4.69) is 16.8 Å². The van der Waals surface area contributed by atoms with Crippen LogP contribution in [0.1, 0.15) is 51.4 Å². The molecule has 1 aliphatic carbocycles. The first-order valence-electron chi connectivity index (χ1n) is 8.85. The van der Waals surface area contributed by atoms with Crippen LogP contribution in [-0.4, -0.2) is 55.6 Å². The van der Waals surface area contributed by atoms with Crippen molar-refractivity contribution in [1.82, 2.24) is 9.80 Å². The van der Waals surface area contributed by atoms with E-state index in [1.54, 1.807) is 0 Å². The van der Waals surface area contributed by atoms with Crippen LogP contribution in [0, 0.1) is 11.3 Å². The maximum Gasteiger partial charge on any atom is 0.0145 e. The van der Waals surface area contributed by atoms with Crippen molar-refractivity contribution in [3.05, 3.63) is 0 Å². The Labute approximate surface area is 124 Å². The van der Waals surface area contributed by atoms with Crippen LogP contribution >= 0.6 is 0 Å². The fourth-order valence-corrected chi connectivity index (χ4v) is 5.07. The van der Waals surface area contributed by atoms with E-state index in [9.17, 15) is 0 Å². The van der Waals surface area contributed by atoms with Crippen molar-refractivity contribution >= 4 is 0 Å². The lowest BCUT2D eigenvalue weighted by atomic mass is 9.73. The molecule has 0 amide bonds. The molecule has 2 atom stereocenters. The average molecular weight is 279 g/mol. The lowest BCUT2D eigenvalue weighted by molar-refractivity contribution is 0.0128. The van der Waals surface area contributed by atoms with Crippen molar-refractivity contribution < 1.29 is 0 Å². The van der Waals surface area contributed by atoms with Gasteiger partial charge in [-0.1, -0.05) is 19.3 Å². The number of hydrogen-bond acceptors (Lipinski definition) is 3. The van der Waals surface area contributed by atoms with Gasteiger partial charge in [-0.15, -0.1) is 0 Å². The first-order valence-corrected chi connectivity index (χ1v) is 8.85. The minimum atomic E-state index is 0.450. The summed E-state index contributed by atoms with van der Waals surface area (Å²) in [5.41, 5.74) is 6.62. The van der Waals surface area contributed by atoms with Gasteiger partial charge < -0.3 is 15.5 Å². The molecule has 0 aromatic carbocycles. The fraction of sp³-hybridized carbons (Fsp3) is 1.00. The third kappa shape index (κ3) is 3.05. The highest BCUT2D eigenvalue weighted by atomic mass is 15.2. The normalized spacial score (nSPS) is 35.7. The first-order chi connectivity index (χ1) is 9.72. The Morgan fingerprint density at radius 1 is 1.05 bits per heavy atom. The number of rotatable bonds is 3. The molecule has 2 unspecified atom stereocenters. The molecule has 3 aliphatic rings. The molecule has 0 aromatic rings. The molecule has 3 nitrogen and oxygen atoms in total. The van der Waals surface area contributed by atoms with E-state index in [4.69, 9.17) is 5.73 Å². The highest BCUT2D eigenvalue weighted by molar-refractivity contribution is 4.93. The lowest BCUT2D eigenvalue weighted by Gasteiger charge is -2.49. The molecule has 3 heteroatoms. The summed E-state index contributed by atoms with van der Waals surface area (Å²) >= 11 is 0. The topological polar surface area (TPSA) is 32.5 Å². The molecule has 20 heavy (non-hydrogen) atoms. The Kier molecular flexibility index (Phi) is 4.68. The molecule has 0 aromatic heterocycles. The van der Waals surface area contributed by atoms with Crippen molar-refractivity contribution in [2.75, 3.05) is 39.8 Å². The molecule has 0 bridgehead atoms. The summed E-state index contributed by atoms with van der Waals surface area (Å²) in [6, 6.07) is 0.861. The molecule has 2 heterocycles. The minimum absolute atomic E-state index is 0.450. The van der Waals surface area contributed by atoms with E-state index >= 15 is 0 Å². The number of nitrogens with zero attached hydrogens (tertiary/aromatic N) is 2. The summed E-state index contributed by atoms with van der Waals surface area (Å²) in [6.45, 7) is 6.12. The Morgan fingerprint density at radius 3 is 2.60 bits per heavy atom. The van der Waals surface area contributed by atoms with Gasteiger partial charge in [0.05, 0.1) is 0 Å². The quantitative estimate of drug-likeness (QED) is 0.860. The molecular weight excluding hydrogens is 246 g/mol. The lowest BCUT2D eigenvalue weighted by Crippen LogP contribution is -2.55. The fourth-order valence-electron chi connectivity index (χ4n) is 5.07. The Balaban J connectivity index is 1.58. The van der Waals surface area contributed by atoms with Gasteiger partial charge in [0.15, 0.2) is 0 Å². The average Bonchev–Trinajstić information content (AvgIpc) is 2.48. The van der Waals surface area contributed by atoms with E-state index < -0.39 is 0 Å². The first kappa shape index (κ1) is 14.8. The van der Waals surface area contributed by atoms with Gasteiger partial charge in [-0.3, -0.25) is 0 Å². The van der Waals surface area contributed by atoms with Crippen molar-refractivity contribution in [2.24, 2.45) is 17.1 Å². The van der Waals surface area contributed by atoms with Crippen molar-refractivity contribution in [2.45, 2.75) is 57.4 Å².